The topological polar surface area (TPSA) is 26.3 Å². The molecule has 2 aromatic carbocycles. The van der Waals surface area contributed by atoms with Crippen molar-refractivity contribution < 1.29 is 9.53 Å². The average molecular weight is 297 g/mol. The SMILES string of the molecule is Cc1ccc(C2=C/C(=C/c3ccccc3)C(=O)O2)cc1Cl. The van der Waals surface area contributed by atoms with Crippen LogP contribution in [0.4, 0.5) is 0 Å². The Labute approximate surface area is 128 Å². The molecule has 3 rings (SSSR count). The molecule has 2 nitrogen and oxygen atoms in total. The smallest absolute Gasteiger partial charge is 0.343 e. The Morgan fingerprint density at radius 1 is 1.10 bits per heavy atom. The number of esters is 1. The van der Waals surface area contributed by atoms with Gasteiger partial charge < -0.3 is 4.74 Å². The molecule has 0 fully saturated rings. The quantitative estimate of drug-likeness (QED) is 0.596. The molecule has 1 aliphatic rings. The molecule has 104 valence electrons. The van der Waals surface area contributed by atoms with Gasteiger partial charge in [-0.05, 0) is 36.3 Å². The second-order valence-electron chi connectivity index (χ2n) is 4.87. The van der Waals surface area contributed by atoms with Crippen LogP contribution in [-0.2, 0) is 9.53 Å². The number of hydrogen-bond donors (Lipinski definition) is 0. The zero-order valence-electron chi connectivity index (χ0n) is 11.5. The third-order valence-corrected chi connectivity index (χ3v) is 3.71. The van der Waals surface area contributed by atoms with Gasteiger partial charge in [-0.2, -0.15) is 0 Å². The third-order valence-electron chi connectivity index (χ3n) is 3.30. The van der Waals surface area contributed by atoms with E-state index in [-0.39, 0.29) is 5.97 Å². The second kappa shape index (κ2) is 5.58. The molecule has 1 heterocycles. The maximum absolute atomic E-state index is 11.9. The Bertz CT molecular complexity index is 758. The molecular weight excluding hydrogens is 284 g/mol. The Morgan fingerprint density at radius 2 is 1.86 bits per heavy atom. The molecule has 0 amide bonds. The molecule has 1 aliphatic heterocycles. The minimum atomic E-state index is -0.342. The predicted octanol–water partition coefficient (Wildman–Crippen LogP) is 4.63. The van der Waals surface area contributed by atoms with Crippen LogP contribution in [0, 0.1) is 6.92 Å². The van der Waals surface area contributed by atoms with Gasteiger partial charge in [-0.15, -0.1) is 0 Å². The van der Waals surface area contributed by atoms with E-state index in [0.29, 0.717) is 16.4 Å². The minimum absolute atomic E-state index is 0.342. The van der Waals surface area contributed by atoms with Crippen LogP contribution in [0.15, 0.2) is 60.2 Å². The molecule has 0 unspecified atom stereocenters. The molecule has 0 saturated heterocycles. The molecular formula is C18H13ClO2. The first-order valence-electron chi connectivity index (χ1n) is 6.60. The van der Waals surface area contributed by atoms with Gasteiger partial charge in [0.25, 0.3) is 0 Å². The van der Waals surface area contributed by atoms with Crippen LogP contribution in [0.3, 0.4) is 0 Å². The Hall–Kier alpha value is -2.32. The number of carbonyl (C=O) groups excluding carboxylic acids is 1. The number of cyclic esters (lactones) is 1. The lowest BCUT2D eigenvalue weighted by molar-refractivity contribution is -0.130. The van der Waals surface area contributed by atoms with Crippen LogP contribution in [0.2, 0.25) is 5.02 Å². The largest absolute Gasteiger partial charge is 0.422 e. The summed E-state index contributed by atoms with van der Waals surface area (Å²) in [5.41, 5.74) is 3.29. The summed E-state index contributed by atoms with van der Waals surface area (Å²) in [5.74, 6) is 0.189. The molecule has 0 aliphatic carbocycles. The summed E-state index contributed by atoms with van der Waals surface area (Å²) in [6, 6.07) is 15.3. The van der Waals surface area contributed by atoms with Crippen molar-refractivity contribution in [3.63, 3.8) is 0 Å². The van der Waals surface area contributed by atoms with Crippen LogP contribution < -0.4 is 0 Å². The van der Waals surface area contributed by atoms with Crippen molar-refractivity contribution in [2.75, 3.05) is 0 Å². The zero-order chi connectivity index (χ0) is 14.8. The summed E-state index contributed by atoms with van der Waals surface area (Å²) in [4.78, 5) is 11.9. The second-order valence-corrected chi connectivity index (χ2v) is 5.28. The molecule has 0 radical (unpaired) electrons. The van der Waals surface area contributed by atoms with Crippen molar-refractivity contribution in [1.29, 1.82) is 0 Å². The predicted molar refractivity (Wildman–Crippen MR) is 84.7 cm³/mol. The van der Waals surface area contributed by atoms with Gasteiger partial charge in [0.05, 0.1) is 5.57 Å². The van der Waals surface area contributed by atoms with Gasteiger partial charge in [0.1, 0.15) is 5.76 Å². The fourth-order valence-electron chi connectivity index (χ4n) is 2.11. The minimum Gasteiger partial charge on any atom is -0.422 e. The van der Waals surface area contributed by atoms with Crippen molar-refractivity contribution in [2.45, 2.75) is 6.92 Å². The number of hydrogen-bond acceptors (Lipinski definition) is 2. The number of rotatable bonds is 2. The monoisotopic (exact) mass is 296 g/mol. The summed E-state index contributed by atoms with van der Waals surface area (Å²) < 4.78 is 5.32. The zero-order valence-corrected chi connectivity index (χ0v) is 12.2. The maximum Gasteiger partial charge on any atom is 0.343 e. The maximum atomic E-state index is 11.9. The van der Waals surface area contributed by atoms with Gasteiger partial charge >= 0.3 is 5.97 Å². The summed E-state index contributed by atoms with van der Waals surface area (Å²) >= 11 is 6.11. The highest BCUT2D eigenvalue weighted by Crippen LogP contribution is 2.29. The molecule has 0 bridgehead atoms. The third kappa shape index (κ3) is 2.91. The van der Waals surface area contributed by atoms with Crippen molar-refractivity contribution >= 4 is 29.4 Å². The van der Waals surface area contributed by atoms with Gasteiger partial charge in [0.2, 0.25) is 0 Å². The molecule has 3 heteroatoms. The van der Waals surface area contributed by atoms with Gasteiger partial charge in [-0.25, -0.2) is 4.79 Å². The van der Waals surface area contributed by atoms with Gasteiger partial charge in [-0.3, -0.25) is 0 Å². The van der Waals surface area contributed by atoms with Crippen LogP contribution in [-0.4, -0.2) is 5.97 Å². The Balaban J connectivity index is 1.95. The van der Waals surface area contributed by atoms with Crippen LogP contribution in [0.25, 0.3) is 11.8 Å². The van der Waals surface area contributed by atoms with E-state index < -0.39 is 0 Å². The highest BCUT2D eigenvalue weighted by atomic mass is 35.5. The van der Waals surface area contributed by atoms with E-state index in [1.165, 1.54) is 0 Å². The van der Waals surface area contributed by atoms with Gasteiger partial charge in [0.15, 0.2) is 0 Å². The first-order valence-corrected chi connectivity index (χ1v) is 6.98. The summed E-state index contributed by atoms with van der Waals surface area (Å²) in [5, 5.41) is 0.657. The van der Waals surface area contributed by atoms with Crippen molar-refractivity contribution in [1.82, 2.24) is 0 Å². The lowest BCUT2D eigenvalue weighted by Gasteiger charge is -2.04. The molecule has 2 aromatic rings. The highest BCUT2D eigenvalue weighted by molar-refractivity contribution is 6.31. The fraction of sp³-hybridized carbons (Fsp3) is 0.0556. The summed E-state index contributed by atoms with van der Waals surface area (Å²) in [6.45, 7) is 1.93. The standard InChI is InChI=1S/C18H13ClO2/c1-12-7-8-14(10-16(12)19)17-11-15(18(20)21-17)9-13-5-3-2-4-6-13/h2-11H,1H3/b15-9-. The van der Waals surface area contributed by atoms with E-state index in [0.717, 1.165) is 16.7 Å². The van der Waals surface area contributed by atoms with Crippen molar-refractivity contribution in [3.05, 3.63) is 81.9 Å². The van der Waals surface area contributed by atoms with Gasteiger partial charge in [-0.1, -0.05) is 54.1 Å². The van der Waals surface area contributed by atoms with E-state index in [9.17, 15) is 4.79 Å². The molecule has 0 saturated carbocycles. The number of halogens is 1. The van der Waals surface area contributed by atoms with Crippen LogP contribution in [0.5, 0.6) is 0 Å². The molecule has 0 spiro atoms. The van der Waals surface area contributed by atoms with E-state index in [2.05, 4.69) is 0 Å². The Kier molecular flexibility index (Phi) is 3.63. The van der Waals surface area contributed by atoms with Gasteiger partial charge in [0, 0.05) is 10.6 Å². The van der Waals surface area contributed by atoms with E-state index in [1.807, 2.05) is 61.5 Å². The number of benzene rings is 2. The number of carbonyl (C=O) groups is 1. The first kappa shape index (κ1) is 13.7. The van der Waals surface area contributed by atoms with Crippen LogP contribution in [0.1, 0.15) is 16.7 Å². The first-order chi connectivity index (χ1) is 10.1. The number of ether oxygens (including phenoxy) is 1. The fourth-order valence-corrected chi connectivity index (χ4v) is 2.29. The van der Waals surface area contributed by atoms with Crippen LogP contribution >= 0.6 is 11.6 Å². The Morgan fingerprint density at radius 3 is 2.57 bits per heavy atom. The lowest BCUT2D eigenvalue weighted by Crippen LogP contribution is -1.97. The molecule has 0 atom stereocenters. The number of aryl methyl sites for hydroxylation is 1. The van der Waals surface area contributed by atoms with E-state index in [1.54, 1.807) is 6.08 Å². The van der Waals surface area contributed by atoms with Crippen molar-refractivity contribution in [3.8, 4) is 0 Å². The van der Waals surface area contributed by atoms with E-state index >= 15 is 0 Å². The summed E-state index contributed by atoms with van der Waals surface area (Å²) in [6.07, 6.45) is 3.56. The van der Waals surface area contributed by atoms with E-state index in [4.69, 9.17) is 16.3 Å². The molecule has 0 N–H and O–H groups in total. The highest BCUT2D eigenvalue weighted by Gasteiger charge is 2.22. The summed E-state index contributed by atoms with van der Waals surface area (Å²) in [7, 11) is 0. The molecule has 21 heavy (non-hydrogen) atoms. The normalized spacial score (nSPS) is 16.0. The van der Waals surface area contributed by atoms with Crippen molar-refractivity contribution in [2.24, 2.45) is 0 Å². The molecule has 0 aromatic heterocycles. The lowest BCUT2D eigenvalue weighted by atomic mass is 10.1. The average Bonchev–Trinajstić information content (AvgIpc) is 2.84.